The van der Waals surface area contributed by atoms with Crippen LogP contribution in [0.5, 0.6) is 5.75 Å². The van der Waals surface area contributed by atoms with Crippen molar-refractivity contribution in [3.8, 4) is 5.75 Å². The van der Waals surface area contributed by atoms with Crippen molar-refractivity contribution in [1.29, 1.82) is 0 Å². The minimum Gasteiger partial charge on any atom is -0.507 e. The molecule has 1 saturated carbocycles. The number of hydrogen-bond donors (Lipinski definition) is 2. The summed E-state index contributed by atoms with van der Waals surface area (Å²) >= 11 is 0. The van der Waals surface area contributed by atoms with E-state index in [1.165, 1.54) is 12.1 Å². The number of rotatable bonds is 2. The smallest absolute Gasteiger partial charge is 0.124 e. The molecule has 0 saturated heterocycles. The molecule has 2 nitrogen and oxygen atoms in total. The number of phenolic OH excluding ortho intramolecular Hbond substituents is 1. The lowest BCUT2D eigenvalue weighted by molar-refractivity contribution is 0.448. The fourth-order valence-electron chi connectivity index (χ4n) is 1.72. The molecule has 0 aromatic heterocycles. The quantitative estimate of drug-likeness (QED) is 0.760. The van der Waals surface area contributed by atoms with Crippen LogP contribution in [0.2, 0.25) is 0 Å². The maximum atomic E-state index is 13.1. The zero-order valence-corrected chi connectivity index (χ0v) is 8.13. The zero-order chi connectivity index (χ0) is 10.3. The summed E-state index contributed by atoms with van der Waals surface area (Å²) in [6, 6.07) is 2.44. The highest BCUT2D eigenvalue weighted by Crippen LogP contribution is 2.42. The van der Waals surface area contributed by atoms with Gasteiger partial charge in [-0.05, 0) is 43.4 Å². The number of aryl methyl sites for hydroxylation is 1. The average molecular weight is 195 g/mol. The minimum absolute atomic E-state index is 0.144. The van der Waals surface area contributed by atoms with Crippen LogP contribution in [0.25, 0.3) is 0 Å². The van der Waals surface area contributed by atoms with Crippen LogP contribution in [0.1, 0.15) is 30.0 Å². The highest BCUT2D eigenvalue weighted by atomic mass is 19.1. The van der Waals surface area contributed by atoms with Gasteiger partial charge in [0.1, 0.15) is 11.6 Å². The van der Waals surface area contributed by atoms with Crippen molar-refractivity contribution in [2.45, 2.75) is 25.8 Å². The van der Waals surface area contributed by atoms with E-state index in [2.05, 4.69) is 0 Å². The van der Waals surface area contributed by atoms with Gasteiger partial charge < -0.3 is 10.8 Å². The van der Waals surface area contributed by atoms with Crippen molar-refractivity contribution >= 4 is 0 Å². The minimum atomic E-state index is -0.327. The molecule has 0 spiro atoms. The van der Waals surface area contributed by atoms with Gasteiger partial charge in [-0.3, -0.25) is 0 Å². The van der Waals surface area contributed by atoms with E-state index >= 15 is 0 Å². The Bertz CT molecular complexity index is 361. The van der Waals surface area contributed by atoms with E-state index in [1.807, 2.05) is 0 Å². The Kier molecular flexibility index (Phi) is 2.19. The number of benzene rings is 1. The molecule has 0 unspecified atom stereocenters. The summed E-state index contributed by atoms with van der Waals surface area (Å²) in [5.41, 5.74) is 7.01. The Morgan fingerprint density at radius 3 is 2.71 bits per heavy atom. The maximum absolute atomic E-state index is 13.1. The van der Waals surface area contributed by atoms with Crippen molar-refractivity contribution in [1.82, 2.24) is 0 Å². The molecule has 1 aromatic rings. The standard InChI is InChI=1S/C11H14FNO/c1-6-4-8(12)5-9(11(6)14)10(13)7-2-3-7/h4-5,7,10,14H,2-3,13H2,1H3/t10-/m0/s1. The molecule has 2 rings (SSSR count). The van der Waals surface area contributed by atoms with Gasteiger partial charge in [0.25, 0.3) is 0 Å². The lowest BCUT2D eigenvalue weighted by Crippen LogP contribution is -2.13. The van der Waals surface area contributed by atoms with E-state index in [-0.39, 0.29) is 17.6 Å². The lowest BCUT2D eigenvalue weighted by Gasteiger charge is -2.14. The fraction of sp³-hybridized carbons (Fsp3) is 0.455. The summed E-state index contributed by atoms with van der Waals surface area (Å²) in [5, 5.41) is 9.72. The Balaban J connectivity index is 2.39. The predicted molar refractivity (Wildman–Crippen MR) is 52.5 cm³/mol. The molecule has 0 amide bonds. The second-order valence-electron chi connectivity index (χ2n) is 4.02. The fourth-order valence-corrected chi connectivity index (χ4v) is 1.72. The first kappa shape index (κ1) is 9.46. The van der Waals surface area contributed by atoms with Crippen LogP contribution in [0.3, 0.4) is 0 Å². The summed E-state index contributed by atoms with van der Waals surface area (Å²) in [4.78, 5) is 0. The van der Waals surface area contributed by atoms with E-state index in [0.29, 0.717) is 17.0 Å². The van der Waals surface area contributed by atoms with Gasteiger partial charge in [-0.1, -0.05) is 0 Å². The highest BCUT2D eigenvalue weighted by Gasteiger charge is 2.31. The SMILES string of the molecule is Cc1cc(F)cc([C@@H](N)C2CC2)c1O. The van der Waals surface area contributed by atoms with Crippen molar-refractivity contribution in [3.05, 3.63) is 29.1 Å². The molecule has 1 atom stereocenters. The second kappa shape index (κ2) is 3.24. The molecule has 76 valence electrons. The molecule has 14 heavy (non-hydrogen) atoms. The third-order valence-corrected chi connectivity index (χ3v) is 2.78. The zero-order valence-electron chi connectivity index (χ0n) is 8.13. The monoisotopic (exact) mass is 195 g/mol. The normalized spacial score (nSPS) is 18.2. The summed E-state index contributed by atoms with van der Waals surface area (Å²) in [5.74, 6) is 0.235. The second-order valence-corrected chi connectivity index (χ2v) is 4.02. The number of halogens is 1. The number of phenols is 1. The first-order valence-electron chi connectivity index (χ1n) is 4.84. The third-order valence-electron chi connectivity index (χ3n) is 2.78. The van der Waals surface area contributed by atoms with Gasteiger partial charge in [-0.15, -0.1) is 0 Å². The number of nitrogens with two attached hydrogens (primary N) is 1. The molecule has 0 aliphatic heterocycles. The molecular weight excluding hydrogens is 181 g/mol. The van der Waals surface area contributed by atoms with Gasteiger partial charge in [0.05, 0.1) is 0 Å². The molecule has 3 heteroatoms. The Labute approximate surface area is 82.5 Å². The van der Waals surface area contributed by atoms with E-state index in [1.54, 1.807) is 6.92 Å². The summed E-state index contributed by atoms with van der Waals surface area (Å²) in [7, 11) is 0. The molecule has 1 aliphatic carbocycles. The molecule has 0 radical (unpaired) electrons. The lowest BCUT2D eigenvalue weighted by atomic mass is 9.99. The van der Waals surface area contributed by atoms with E-state index < -0.39 is 0 Å². The van der Waals surface area contributed by atoms with E-state index in [0.717, 1.165) is 12.8 Å². The van der Waals surface area contributed by atoms with Crippen LogP contribution >= 0.6 is 0 Å². The van der Waals surface area contributed by atoms with Crippen LogP contribution in [-0.4, -0.2) is 5.11 Å². The van der Waals surface area contributed by atoms with Crippen LogP contribution in [-0.2, 0) is 0 Å². The van der Waals surface area contributed by atoms with Crippen molar-refractivity contribution < 1.29 is 9.50 Å². The largest absolute Gasteiger partial charge is 0.507 e. The summed E-state index contributed by atoms with van der Waals surface area (Å²) in [6.07, 6.45) is 2.16. The molecule has 0 heterocycles. The van der Waals surface area contributed by atoms with Crippen LogP contribution in [0.15, 0.2) is 12.1 Å². The van der Waals surface area contributed by atoms with Crippen molar-refractivity contribution in [2.75, 3.05) is 0 Å². The van der Waals surface area contributed by atoms with Gasteiger partial charge in [0.2, 0.25) is 0 Å². The number of aromatic hydroxyl groups is 1. The first-order valence-corrected chi connectivity index (χ1v) is 4.84. The van der Waals surface area contributed by atoms with Crippen molar-refractivity contribution in [3.63, 3.8) is 0 Å². The third kappa shape index (κ3) is 1.60. The van der Waals surface area contributed by atoms with Gasteiger partial charge in [-0.25, -0.2) is 4.39 Å². The van der Waals surface area contributed by atoms with Crippen LogP contribution < -0.4 is 5.73 Å². The van der Waals surface area contributed by atoms with Crippen LogP contribution in [0.4, 0.5) is 4.39 Å². The Morgan fingerprint density at radius 1 is 1.50 bits per heavy atom. The molecule has 0 bridgehead atoms. The molecular formula is C11H14FNO. The molecule has 1 aromatic carbocycles. The van der Waals surface area contributed by atoms with Gasteiger partial charge in [0.15, 0.2) is 0 Å². The highest BCUT2D eigenvalue weighted by molar-refractivity contribution is 5.42. The van der Waals surface area contributed by atoms with Gasteiger partial charge >= 0.3 is 0 Å². The van der Waals surface area contributed by atoms with E-state index in [9.17, 15) is 9.50 Å². The topological polar surface area (TPSA) is 46.2 Å². The summed E-state index contributed by atoms with van der Waals surface area (Å²) < 4.78 is 13.1. The number of hydrogen-bond acceptors (Lipinski definition) is 2. The van der Waals surface area contributed by atoms with E-state index in [4.69, 9.17) is 5.73 Å². The first-order chi connectivity index (χ1) is 6.59. The maximum Gasteiger partial charge on any atom is 0.124 e. The average Bonchev–Trinajstić information content (AvgIpc) is 2.93. The Hall–Kier alpha value is -1.09. The summed E-state index contributed by atoms with van der Waals surface area (Å²) in [6.45, 7) is 1.68. The van der Waals surface area contributed by atoms with Crippen molar-refractivity contribution in [2.24, 2.45) is 11.7 Å². The molecule has 1 fully saturated rings. The van der Waals surface area contributed by atoms with Gasteiger partial charge in [-0.2, -0.15) is 0 Å². The Morgan fingerprint density at radius 2 is 2.14 bits per heavy atom. The molecule has 1 aliphatic rings. The van der Waals surface area contributed by atoms with Crippen LogP contribution in [0, 0.1) is 18.7 Å². The predicted octanol–water partition coefficient (Wildman–Crippen LogP) is 2.25. The molecule has 3 N–H and O–H groups in total. The van der Waals surface area contributed by atoms with Gasteiger partial charge in [0, 0.05) is 11.6 Å².